The summed E-state index contributed by atoms with van der Waals surface area (Å²) in [5, 5.41) is 0. The van der Waals surface area contributed by atoms with Gasteiger partial charge in [0.25, 0.3) is 0 Å². The second-order valence-electron chi connectivity index (χ2n) is 5.19. The standard InChI is InChI=1S/C9H22N2/c1-8(2,3)6-7(10)9(4,5)11/h7H,6,10-11H2,1-5H3. The van der Waals surface area contributed by atoms with E-state index in [1.807, 2.05) is 13.8 Å². The average molecular weight is 158 g/mol. The Morgan fingerprint density at radius 1 is 1.09 bits per heavy atom. The first kappa shape index (κ1) is 10.9. The topological polar surface area (TPSA) is 52.0 Å². The number of hydrogen-bond donors (Lipinski definition) is 2. The summed E-state index contributed by atoms with van der Waals surface area (Å²) in [6, 6.07) is 0.0856. The quantitative estimate of drug-likeness (QED) is 0.639. The van der Waals surface area contributed by atoms with E-state index in [0.717, 1.165) is 6.42 Å². The molecule has 11 heavy (non-hydrogen) atoms. The summed E-state index contributed by atoms with van der Waals surface area (Å²) >= 11 is 0. The lowest BCUT2D eigenvalue weighted by molar-refractivity contribution is 0.276. The molecule has 0 aliphatic carbocycles. The fourth-order valence-corrected chi connectivity index (χ4v) is 0.923. The molecular weight excluding hydrogens is 136 g/mol. The van der Waals surface area contributed by atoms with Gasteiger partial charge in [0.2, 0.25) is 0 Å². The SMILES string of the molecule is CC(C)(C)CC(N)C(C)(C)N. The highest BCUT2D eigenvalue weighted by molar-refractivity contribution is 4.88. The highest BCUT2D eigenvalue weighted by atomic mass is 14.8. The van der Waals surface area contributed by atoms with Crippen LogP contribution in [-0.4, -0.2) is 11.6 Å². The van der Waals surface area contributed by atoms with Gasteiger partial charge in [-0.15, -0.1) is 0 Å². The maximum Gasteiger partial charge on any atom is 0.0250 e. The van der Waals surface area contributed by atoms with Crippen molar-refractivity contribution in [3.8, 4) is 0 Å². The van der Waals surface area contributed by atoms with Crippen molar-refractivity contribution >= 4 is 0 Å². The fourth-order valence-electron chi connectivity index (χ4n) is 0.923. The third-order valence-corrected chi connectivity index (χ3v) is 1.79. The highest BCUT2D eigenvalue weighted by Crippen LogP contribution is 2.23. The lowest BCUT2D eigenvalue weighted by Crippen LogP contribution is -2.51. The first-order valence-corrected chi connectivity index (χ1v) is 4.17. The highest BCUT2D eigenvalue weighted by Gasteiger charge is 2.25. The normalized spacial score (nSPS) is 16.6. The van der Waals surface area contributed by atoms with Crippen LogP contribution in [0.15, 0.2) is 0 Å². The predicted molar refractivity (Wildman–Crippen MR) is 50.3 cm³/mol. The molecule has 4 N–H and O–H groups in total. The van der Waals surface area contributed by atoms with Crippen LogP contribution in [0, 0.1) is 5.41 Å². The first-order valence-electron chi connectivity index (χ1n) is 4.17. The van der Waals surface area contributed by atoms with E-state index in [2.05, 4.69) is 20.8 Å². The molecule has 0 heterocycles. The molecule has 0 spiro atoms. The van der Waals surface area contributed by atoms with Crippen LogP contribution in [0.4, 0.5) is 0 Å². The zero-order valence-corrected chi connectivity index (χ0v) is 8.44. The Labute approximate surface area is 70.3 Å². The molecule has 1 unspecified atom stereocenters. The molecule has 0 saturated carbocycles. The van der Waals surface area contributed by atoms with E-state index >= 15 is 0 Å². The molecular formula is C9H22N2. The number of rotatable bonds is 2. The van der Waals surface area contributed by atoms with E-state index in [4.69, 9.17) is 11.5 Å². The van der Waals surface area contributed by atoms with Crippen LogP contribution in [0.3, 0.4) is 0 Å². The van der Waals surface area contributed by atoms with Crippen molar-refractivity contribution in [3.63, 3.8) is 0 Å². The minimum Gasteiger partial charge on any atom is -0.326 e. The molecule has 1 atom stereocenters. The van der Waals surface area contributed by atoms with E-state index in [9.17, 15) is 0 Å². The Bertz CT molecular complexity index is 117. The molecule has 0 rings (SSSR count). The van der Waals surface area contributed by atoms with E-state index in [-0.39, 0.29) is 17.0 Å². The lowest BCUT2D eigenvalue weighted by Gasteiger charge is -2.32. The zero-order chi connectivity index (χ0) is 9.28. The van der Waals surface area contributed by atoms with Gasteiger partial charge in [0.15, 0.2) is 0 Å². The molecule has 0 aliphatic heterocycles. The zero-order valence-electron chi connectivity index (χ0n) is 8.44. The van der Waals surface area contributed by atoms with Crippen molar-refractivity contribution < 1.29 is 0 Å². The molecule has 0 saturated heterocycles. The minimum absolute atomic E-state index is 0.0856. The molecule has 0 aromatic carbocycles. The van der Waals surface area contributed by atoms with Gasteiger partial charge in [0.1, 0.15) is 0 Å². The van der Waals surface area contributed by atoms with Gasteiger partial charge in [0, 0.05) is 11.6 Å². The van der Waals surface area contributed by atoms with Crippen LogP contribution in [0.5, 0.6) is 0 Å². The number of hydrogen-bond acceptors (Lipinski definition) is 2. The van der Waals surface area contributed by atoms with E-state index in [1.54, 1.807) is 0 Å². The van der Waals surface area contributed by atoms with Gasteiger partial charge in [-0.25, -0.2) is 0 Å². The first-order chi connectivity index (χ1) is 4.63. The Kier molecular flexibility index (Phi) is 3.09. The Morgan fingerprint density at radius 3 is 1.55 bits per heavy atom. The largest absolute Gasteiger partial charge is 0.326 e. The summed E-state index contributed by atoms with van der Waals surface area (Å²) in [7, 11) is 0. The summed E-state index contributed by atoms with van der Waals surface area (Å²) in [4.78, 5) is 0. The van der Waals surface area contributed by atoms with Crippen molar-refractivity contribution in [1.29, 1.82) is 0 Å². The molecule has 0 bridgehead atoms. The monoisotopic (exact) mass is 158 g/mol. The van der Waals surface area contributed by atoms with Crippen molar-refractivity contribution in [2.45, 2.75) is 52.6 Å². The third-order valence-electron chi connectivity index (χ3n) is 1.79. The summed E-state index contributed by atoms with van der Waals surface area (Å²) in [6.07, 6.45) is 0.969. The predicted octanol–water partition coefficient (Wildman–Crippen LogP) is 1.49. The van der Waals surface area contributed by atoms with Crippen molar-refractivity contribution in [3.05, 3.63) is 0 Å². The van der Waals surface area contributed by atoms with Crippen molar-refractivity contribution in [1.82, 2.24) is 0 Å². The lowest BCUT2D eigenvalue weighted by atomic mass is 9.82. The average Bonchev–Trinajstić information content (AvgIpc) is 1.56. The molecule has 0 radical (unpaired) electrons. The van der Waals surface area contributed by atoms with Gasteiger partial charge in [-0.1, -0.05) is 20.8 Å². The maximum atomic E-state index is 5.91. The molecule has 0 fully saturated rings. The van der Waals surface area contributed by atoms with Crippen LogP contribution >= 0.6 is 0 Å². The van der Waals surface area contributed by atoms with Crippen LogP contribution in [0.25, 0.3) is 0 Å². The van der Waals surface area contributed by atoms with Crippen LogP contribution in [-0.2, 0) is 0 Å². The van der Waals surface area contributed by atoms with Crippen LogP contribution in [0.1, 0.15) is 41.0 Å². The van der Waals surface area contributed by atoms with Crippen molar-refractivity contribution in [2.75, 3.05) is 0 Å². The second kappa shape index (κ2) is 3.11. The van der Waals surface area contributed by atoms with E-state index < -0.39 is 0 Å². The smallest absolute Gasteiger partial charge is 0.0250 e. The summed E-state index contributed by atoms with van der Waals surface area (Å²) in [6.45, 7) is 10.5. The van der Waals surface area contributed by atoms with Gasteiger partial charge in [-0.3, -0.25) is 0 Å². The van der Waals surface area contributed by atoms with Gasteiger partial charge >= 0.3 is 0 Å². The Balaban J connectivity index is 3.99. The molecule has 0 aliphatic rings. The summed E-state index contributed by atoms with van der Waals surface area (Å²) in [5.74, 6) is 0. The molecule has 0 aromatic heterocycles. The molecule has 68 valence electrons. The Morgan fingerprint density at radius 2 is 1.45 bits per heavy atom. The molecule has 2 nitrogen and oxygen atoms in total. The second-order valence-corrected chi connectivity index (χ2v) is 5.19. The number of nitrogens with two attached hydrogens (primary N) is 2. The van der Waals surface area contributed by atoms with Crippen LogP contribution in [0.2, 0.25) is 0 Å². The van der Waals surface area contributed by atoms with E-state index in [0.29, 0.717) is 0 Å². The van der Waals surface area contributed by atoms with Gasteiger partial charge in [0.05, 0.1) is 0 Å². The molecule has 0 amide bonds. The molecule has 2 heteroatoms. The maximum absolute atomic E-state index is 5.91. The minimum atomic E-state index is -0.257. The van der Waals surface area contributed by atoms with Gasteiger partial charge in [-0.2, -0.15) is 0 Å². The summed E-state index contributed by atoms with van der Waals surface area (Å²) < 4.78 is 0. The Hall–Kier alpha value is -0.0800. The van der Waals surface area contributed by atoms with Crippen molar-refractivity contribution in [2.24, 2.45) is 16.9 Å². The van der Waals surface area contributed by atoms with E-state index in [1.165, 1.54) is 0 Å². The van der Waals surface area contributed by atoms with Gasteiger partial charge in [-0.05, 0) is 25.7 Å². The molecule has 0 aromatic rings. The fraction of sp³-hybridized carbons (Fsp3) is 1.00. The van der Waals surface area contributed by atoms with Gasteiger partial charge < -0.3 is 11.5 Å². The third kappa shape index (κ3) is 5.22. The summed E-state index contributed by atoms with van der Waals surface area (Å²) in [5.41, 5.74) is 11.8. The van der Waals surface area contributed by atoms with Crippen LogP contribution < -0.4 is 11.5 Å².